The minimum atomic E-state index is -0.400. The molecule has 1 heterocycles. The van der Waals surface area contributed by atoms with Gasteiger partial charge in [0.25, 0.3) is 11.1 Å². The molecule has 0 aliphatic rings. The van der Waals surface area contributed by atoms with Crippen molar-refractivity contribution in [2.75, 3.05) is 23.9 Å². The molecule has 0 radical (unpaired) electrons. The summed E-state index contributed by atoms with van der Waals surface area (Å²) in [7, 11) is 0. The number of anilines is 2. The molecule has 1 aromatic heterocycles. The first-order chi connectivity index (χ1) is 25.9. The van der Waals surface area contributed by atoms with E-state index in [1.54, 1.807) is 42.5 Å². The van der Waals surface area contributed by atoms with Gasteiger partial charge in [-0.05, 0) is 83.9 Å². The molecule has 4 aromatic carbocycles. The van der Waals surface area contributed by atoms with Crippen molar-refractivity contribution < 1.29 is 24.2 Å². The number of aromatic nitrogens is 2. The molecular formula is C41H48N6O5S2. The molecule has 11 nitrogen and oxygen atoms in total. The number of thioether (sulfide) groups is 1. The number of hydrazine groups is 1. The third-order valence-electron chi connectivity index (χ3n) is 9.86. The summed E-state index contributed by atoms with van der Waals surface area (Å²) >= 11 is 2.10. The smallest absolute Gasteiger partial charge is 0.290 e. The zero-order chi connectivity index (χ0) is 38.9. The highest BCUT2D eigenvalue weighted by Crippen LogP contribution is 2.40. The van der Waals surface area contributed by atoms with E-state index in [0.29, 0.717) is 63.0 Å². The van der Waals surface area contributed by atoms with Crippen LogP contribution in [0.15, 0.2) is 77.1 Å². The number of phenols is 1. The fourth-order valence-corrected chi connectivity index (χ4v) is 7.40. The molecule has 5 rings (SSSR count). The van der Waals surface area contributed by atoms with Gasteiger partial charge in [-0.3, -0.25) is 25.2 Å². The lowest BCUT2D eigenvalue weighted by Crippen LogP contribution is -2.25. The number of phenolic OH excluding ortho intramolecular Hbond substituents is 1. The number of hydrogen-bond acceptors (Lipinski definition) is 10. The molecule has 0 bridgehead atoms. The molecule has 5 aromatic rings. The van der Waals surface area contributed by atoms with E-state index in [9.17, 15) is 19.5 Å². The van der Waals surface area contributed by atoms with Crippen molar-refractivity contribution in [1.82, 2.24) is 20.9 Å². The molecule has 0 atom stereocenters. The van der Waals surface area contributed by atoms with Crippen molar-refractivity contribution in [3.63, 3.8) is 0 Å². The Balaban J connectivity index is 1.21. The first-order valence-corrected chi connectivity index (χ1v) is 19.7. The van der Waals surface area contributed by atoms with Crippen LogP contribution in [0.3, 0.4) is 0 Å². The van der Waals surface area contributed by atoms with Crippen LogP contribution in [0.2, 0.25) is 0 Å². The third-order valence-corrected chi connectivity index (χ3v) is 11.7. The first kappa shape index (κ1) is 40.1. The number of fused-ring (bicyclic) bond motifs is 1. The van der Waals surface area contributed by atoms with Crippen molar-refractivity contribution >= 4 is 62.8 Å². The number of carbonyl (C=O) groups excluding carboxylic acids is 3. The minimum Gasteiger partial charge on any atom is -0.506 e. The van der Waals surface area contributed by atoms with E-state index in [0.717, 1.165) is 36.8 Å². The summed E-state index contributed by atoms with van der Waals surface area (Å²) in [6.45, 7) is 14.4. The summed E-state index contributed by atoms with van der Waals surface area (Å²) in [6, 6.07) is 22.3. The average Bonchev–Trinajstić information content (AvgIpc) is 3.63. The number of hydrogen-bond donors (Lipinski definition) is 5. The van der Waals surface area contributed by atoms with Gasteiger partial charge in [0, 0.05) is 40.5 Å². The van der Waals surface area contributed by atoms with Crippen LogP contribution < -0.4 is 26.2 Å². The predicted octanol–water partition coefficient (Wildman–Crippen LogP) is 9.43. The Morgan fingerprint density at radius 2 is 1.59 bits per heavy atom. The number of ether oxygens (including phenoxy) is 1. The number of benzene rings is 4. The van der Waals surface area contributed by atoms with E-state index >= 15 is 0 Å². The zero-order valence-corrected chi connectivity index (χ0v) is 33.2. The number of unbranched alkanes of at least 4 members (excludes halogenated alkanes) is 1. The van der Waals surface area contributed by atoms with Crippen molar-refractivity contribution in [3.8, 4) is 22.1 Å². The summed E-state index contributed by atoms with van der Waals surface area (Å²) in [5, 5.41) is 26.8. The highest BCUT2D eigenvalue weighted by molar-refractivity contribution is 8.15. The molecule has 0 fully saturated rings. The summed E-state index contributed by atoms with van der Waals surface area (Å²) in [5.41, 5.74) is 9.60. The molecule has 284 valence electrons. The normalized spacial score (nSPS) is 11.6. The first-order valence-electron chi connectivity index (χ1n) is 18.1. The van der Waals surface area contributed by atoms with Crippen molar-refractivity contribution in [1.29, 1.82) is 0 Å². The Labute approximate surface area is 324 Å². The van der Waals surface area contributed by atoms with E-state index < -0.39 is 5.91 Å². The zero-order valence-electron chi connectivity index (χ0n) is 31.5. The highest BCUT2D eigenvalue weighted by atomic mass is 32.2. The molecular weight excluding hydrogens is 721 g/mol. The van der Waals surface area contributed by atoms with Gasteiger partial charge in [-0.25, -0.2) is 0 Å². The quantitative estimate of drug-likeness (QED) is 0.0269. The van der Waals surface area contributed by atoms with Crippen LogP contribution in [0.5, 0.6) is 11.5 Å². The van der Waals surface area contributed by atoms with Crippen LogP contribution in [0.25, 0.3) is 21.3 Å². The molecule has 54 heavy (non-hydrogen) atoms. The molecule has 0 unspecified atom stereocenters. The summed E-state index contributed by atoms with van der Waals surface area (Å²) in [4.78, 5) is 36.7. The van der Waals surface area contributed by atoms with Crippen LogP contribution in [0.4, 0.5) is 16.2 Å². The fraction of sp³-hybridized carbons (Fsp3) is 0.341. The Bertz CT molecular complexity index is 2100. The van der Waals surface area contributed by atoms with E-state index in [1.165, 1.54) is 22.5 Å². The maximum Gasteiger partial charge on any atom is 0.290 e. The van der Waals surface area contributed by atoms with E-state index in [1.807, 2.05) is 12.1 Å². The largest absolute Gasteiger partial charge is 0.506 e. The van der Waals surface area contributed by atoms with E-state index in [4.69, 9.17) is 4.74 Å². The molecule has 0 saturated carbocycles. The summed E-state index contributed by atoms with van der Waals surface area (Å²) in [5.74, 6) is 0.392. The van der Waals surface area contributed by atoms with Gasteiger partial charge in [0.2, 0.25) is 6.41 Å². The fourth-order valence-electron chi connectivity index (χ4n) is 5.75. The van der Waals surface area contributed by atoms with Crippen LogP contribution >= 0.6 is 23.1 Å². The second-order valence-corrected chi connectivity index (χ2v) is 16.4. The van der Waals surface area contributed by atoms with Crippen LogP contribution in [-0.4, -0.2) is 46.0 Å². The van der Waals surface area contributed by atoms with Crippen molar-refractivity contribution in [2.45, 2.75) is 82.4 Å². The SMILES string of the molecule is CCC(C)(C)c1ccc(OCCCCNC(=O)c2cc(-c3nnc(SC(=O)Nc4ccc(NNC=O)cc4)s3)c3ccccc3c2O)c(C(C)(C)CC)c1. The van der Waals surface area contributed by atoms with Crippen LogP contribution in [0, 0.1) is 0 Å². The number of amides is 3. The maximum atomic E-state index is 13.5. The van der Waals surface area contributed by atoms with Gasteiger partial charge in [0.1, 0.15) is 16.5 Å². The Kier molecular flexibility index (Phi) is 13.2. The lowest BCUT2D eigenvalue weighted by Gasteiger charge is -2.30. The van der Waals surface area contributed by atoms with Crippen molar-refractivity contribution in [2.24, 2.45) is 0 Å². The van der Waals surface area contributed by atoms with Crippen molar-refractivity contribution in [3.05, 3.63) is 89.5 Å². The third kappa shape index (κ3) is 9.69. The summed E-state index contributed by atoms with van der Waals surface area (Å²) < 4.78 is 6.73. The van der Waals surface area contributed by atoms with Gasteiger partial charge in [-0.1, -0.05) is 89.3 Å². The Morgan fingerprint density at radius 3 is 2.30 bits per heavy atom. The Hall–Kier alpha value is -5.14. The van der Waals surface area contributed by atoms with Gasteiger partial charge in [0.15, 0.2) is 4.34 Å². The predicted molar refractivity (Wildman–Crippen MR) is 219 cm³/mol. The van der Waals surface area contributed by atoms with Gasteiger partial charge in [0.05, 0.1) is 17.9 Å². The average molecular weight is 769 g/mol. The number of aromatic hydroxyl groups is 1. The molecule has 5 N–H and O–H groups in total. The lowest BCUT2D eigenvalue weighted by molar-refractivity contribution is -0.109. The number of nitrogens with zero attached hydrogens (tertiary/aromatic N) is 2. The molecule has 0 spiro atoms. The highest BCUT2D eigenvalue weighted by Gasteiger charge is 2.27. The second kappa shape index (κ2) is 17.8. The lowest BCUT2D eigenvalue weighted by atomic mass is 9.76. The molecule has 3 amide bonds. The molecule has 0 aliphatic heterocycles. The minimum absolute atomic E-state index is 0.0304. The number of rotatable bonds is 17. The van der Waals surface area contributed by atoms with Gasteiger partial charge in [-0.15, -0.1) is 10.2 Å². The monoisotopic (exact) mass is 768 g/mol. The number of carbonyl (C=O) groups is 3. The molecule has 13 heteroatoms. The topological polar surface area (TPSA) is 155 Å². The molecule has 0 aliphatic carbocycles. The van der Waals surface area contributed by atoms with Gasteiger partial charge in [-0.2, -0.15) is 0 Å². The second-order valence-electron chi connectivity index (χ2n) is 14.2. The van der Waals surface area contributed by atoms with Gasteiger partial charge < -0.3 is 20.5 Å². The summed E-state index contributed by atoms with van der Waals surface area (Å²) in [6.07, 6.45) is 3.99. The Morgan fingerprint density at radius 1 is 0.889 bits per heavy atom. The standard InChI is InChI=1S/C41H48N6O5S2/c1-7-40(3,4)26-15-20-34(33(23-26)41(5,6)8-2)52-22-12-11-21-42-36(50)32-24-31(29-13-9-10-14-30(29)35(32)49)37-46-47-39(53-37)54-38(51)44-27-16-18-28(19-17-27)45-43-25-48/h9-10,13-20,23-25,45,49H,7-8,11-12,21-22H2,1-6H3,(H,42,50)(H,43,48)(H,44,51). The molecule has 0 saturated heterocycles. The van der Waals surface area contributed by atoms with Gasteiger partial charge >= 0.3 is 0 Å². The maximum absolute atomic E-state index is 13.5. The van der Waals surface area contributed by atoms with E-state index in [2.05, 4.69) is 91.4 Å². The van der Waals surface area contributed by atoms with Crippen LogP contribution in [-0.2, 0) is 15.6 Å². The number of nitrogens with one attached hydrogen (secondary N) is 4. The van der Waals surface area contributed by atoms with E-state index in [-0.39, 0.29) is 27.4 Å². The van der Waals surface area contributed by atoms with Crippen LogP contribution in [0.1, 0.15) is 88.7 Å².